The van der Waals surface area contributed by atoms with Crippen LogP contribution in [0, 0.1) is 0 Å². The van der Waals surface area contributed by atoms with Crippen molar-refractivity contribution in [1.82, 2.24) is 10.0 Å². The molecule has 0 radical (unpaired) electrons. The molecule has 0 saturated carbocycles. The molecule has 0 spiro atoms. The van der Waals surface area contributed by atoms with E-state index in [0.29, 0.717) is 13.2 Å². The van der Waals surface area contributed by atoms with Crippen LogP contribution in [-0.4, -0.2) is 34.2 Å². The first-order valence-corrected chi connectivity index (χ1v) is 8.35. The highest BCUT2D eigenvalue weighted by molar-refractivity contribution is 7.89. The summed E-state index contributed by atoms with van der Waals surface area (Å²) in [5, 5.41) is 3.17. The Morgan fingerprint density at radius 1 is 1.30 bits per heavy atom. The number of sulfonamides is 1. The third-order valence-corrected chi connectivity index (χ3v) is 4.09. The maximum atomic E-state index is 12.1. The van der Waals surface area contributed by atoms with Crippen LogP contribution in [-0.2, 0) is 21.3 Å². The Hall–Kier alpha value is -0.950. The van der Waals surface area contributed by atoms with Gasteiger partial charge in [-0.25, -0.2) is 13.1 Å². The third kappa shape index (κ3) is 6.00. The molecular weight excluding hydrogens is 276 g/mol. The fraction of sp³-hybridized carbons (Fsp3) is 0.571. The lowest BCUT2D eigenvalue weighted by Gasteiger charge is -2.10. The minimum Gasteiger partial charge on any atom is -0.377 e. The summed E-state index contributed by atoms with van der Waals surface area (Å²) < 4.78 is 32.1. The molecule has 0 atom stereocenters. The van der Waals surface area contributed by atoms with Crippen molar-refractivity contribution in [3.63, 3.8) is 0 Å². The van der Waals surface area contributed by atoms with Crippen molar-refractivity contribution < 1.29 is 13.2 Å². The highest BCUT2D eigenvalue weighted by Crippen LogP contribution is 2.11. The van der Waals surface area contributed by atoms with E-state index in [0.717, 1.165) is 12.1 Å². The Bertz CT molecular complexity index is 501. The molecule has 0 fully saturated rings. The molecule has 0 aliphatic heterocycles. The standard InChI is InChI=1S/C14H24N2O3S/c1-4-15-11-13-6-5-7-14(10-13)20(17,18)16-8-9-19-12(2)3/h5-7,10,12,15-16H,4,8-9,11H2,1-3H3. The summed E-state index contributed by atoms with van der Waals surface area (Å²) in [6.45, 7) is 8.00. The van der Waals surface area contributed by atoms with E-state index in [1.54, 1.807) is 18.2 Å². The van der Waals surface area contributed by atoms with Gasteiger partial charge >= 0.3 is 0 Å². The van der Waals surface area contributed by atoms with Gasteiger partial charge in [-0.3, -0.25) is 0 Å². The van der Waals surface area contributed by atoms with Gasteiger partial charge in [0.25, 0.3) is 0 Å². The van der Waals surface area contributed by atoms with E-state index in [1.165, 1.54) is 0 Å². The van der Waals surface area contributed by atoms with E-state index in [4.69, 9.17) is 4.74 Å². The Morgan fingerprint density at radius 2 is 2.05 bits per heavy atom. The van der Waals surface area contributed by atoms with Crippen LogP contribution in [0.1, 0.15) is 26.3 Å². The second-order valence-corrected chi connectivity index (χ2v) is 6.51. The highest BCUT2D eigenvalue weighted by atomic mass is 32.2. The van der Waals surface area contributed by atoms with Crippen LogP contribution < -0.4 is 10.0 Å². The van der Waals surface area contributed by atoms with Crippen LogP contribution in [0.25, 0.3) is 0 Å². The number of hydrogen-bond acceptors (Lipinski definition) is 4. The first-order chi connectivity index (χ1) is 9.45. The molecule has 1 rings (SSSR count). The molecule has 0 aliphatic rings. The fourth-order valence-electron chi connectivity index (χ4n) is 1.65. The van der Waals surface area contributed by atoms with Crippen LogP contribution in [0.3, 0.4) is 0 Å². The first kappa shape index (κ1) is 17.1. The second-order valence-electron chi connectivity index (χ2n) is 4.75. The summed E-state index contributed by atoms with van der Waals surface area (Å²) in [6, 6.07) is 6.95. The van der Waals surface area contributed by atoms with Gasteiger partial charge in [-0.2, -0.15) is 0 Å². The predicted octanol–water partition coefficient (Wildman–Crippen LogP) is 1.50. The molecule has 114 valence electrons. The van der Waals surface area contributed by atoms with E-state index in [1.807, 2.05) is 26.8 Å². The van der Waals surface area contributed by atoms with Gasteiger partial charge in [-0.15, -0.1) is 0 Å². The molecule has 0 unspecified atom stereocenters. The van der Waals surface area contributed by atoms with Gasteiger partial charge in [-0.05, 0) is 38.1 Å². The molecule has 0 aromatic heterocycles. The lowest BCUT2D eigenvalue weighted by molar-refractivity contribution is 0.0834. The molecule has 20 heavy (non-hydrogen) atoms. The number of ether oxygens (including phenoxy) is 1. The fourth-order valence-corrected chi connectivity index (χ4v) is 2.73. The van der Waals surface area contributed by atoms with Gasteiger partial charge in [0.05, 0.1) is 17.6 Å². The Kier molecular flexibility index (Phi) is 7.15. The van der Waals surface area contributed by atoms with Crippen molar-refractivity contribution in [2.75, 3.05) is 19.7 Å². The van der Waals surface area contributed by atoms with Gasteiger partial charge in [0.1, 0.15) is 0 Å². The predicted molar refractivity (Wildman–Crippen MR) is 80.1 cm³/mol. The van der Waals surface area contributed by atoms with E-state index >= 15 is 0 Å². The van der Waals surface area contributed by atoms with Crippen molar-refractivity contribution in [3.05, 3.63) is 29.8 Å². The zero-order chi connectivity index (χ0) is 15.0. The van der Waals surface area contributed by atoms with Gasteiger partial charge < -0.3 is 10.1 Å². The topological polar surface area (TPSA) is 67.4 Å². The maximum Gasteiger partial charge on any atom is 0.240 e. The zero-order valence-corrected chi connectivity index (χ0v) is 13.2. The lowest BCUT2D eigenvalue weighted by atomic mass is 10.2. The Balaban J connectivity index is 2.62. The molecule has 0 aliphatic carbocycles. The highest BCUT2D eigenvalue weighted by Gasteiger charge is 2.13. The SMILES string of the molecule is CCNCc1cccc(S(=O)(=O)NCCOC(C)C)c1. The molecule has 1 aromatic rings. The molecule has 0 amide bonds. The average Bonchev–Trinajstić information content (AvgIpc) is 2.41. The summed E-state index contributed by atoms with van der Waals surface area (Å²) >= 11 is 0. The summed E-state index contributed by atoms with van der Waals surface area (Å²) in [4.78, 5) is 0.289. The van der Waals surface area contributed by atoms with Crippen molar-refractivity contribution >= 4 is 10.0 Å². The number of nitrogens with one attached hydrogen (secondary N) is 2. The van der Waals surface area contributed by atoms with E-state index < -0.39 is 10.0 Å². The zero-order valence-electron chi connectivity index (χ0n) is 12.3. The van der Waals surface area contributed by atoms with Crippen molar-refractivity contribution in [2.24, 2.45) is 0 Å². The molecule has 0 saturated heterocycles. The number of benzene rings is 1. The minimum absolute atomic E-state index is 0.1000. The molecule has 5 nitrogen and oxygen atoms in total. The van der Waals surface area contributed by atoms with Crippen LogP contribution in [0.15, 0.2) is 29.2 Å². The lowest BCUT2D eigenvalue weighted by Crippen LogP contribution is -2.28. The molecule has 1 aromatic carbocycles. The third-order valence-electron chi connectivity index (χ3n) is 2.63. The quantitative estimate of drug-likeness (QED) is 0.678. The second kappa shape index (κ2) is 8.36. The van der Waals surface area contributed by atoms with E-state index in [-0.39, 0.29) is 17.5 Å². The Morgan fingerprint density at radius 3 is 2.70 bits per heavy atom. The monoisotopic (exact) mass is 300 g/mol. The molecule has 6 heteroatoms. The Labute approximate surface area is 121 Å². The summed E-state index contributed by atoms with van der Waals surface area (Å²) in [5.41, 5.74) is 0.952. The normalized spacial score (nSPS) is 12.0. The van der Waals surface area contributed by atoms with Gasteiger partial charge in [-0.1, -0.05) is 19.1 Å². The number of hydrogen-bond donors (Lipinski definition) is 2. The molecular formula is C14H24N2O3S. The largest absolute Gasteiger partial charge is 0.377 e. The average molecular weight is 300 g/mol. The van der Waals surface area contributed by atoms with Crippen LogP contribution in [0.5, 0.6) is 0 Å². The first-order valence-electron chi connectivity index (χ1n) is 6.86. The maximum absolute atomic E-state index is 12.1. The van der Waals surface area contributed by atoms with Crippen molar-refractivity contribution in [3.8, 4) is 0 Å². The minimum atomic E-state index is -3.46. The van der Waals surface area contributed by atoms with Crippen LogP contribution >= 0.6 is 0 Å². The van der Waals surface area contributed by atoms with Crippen molar-refractivity contribution in [1.29, 1.82) is 0 Å². The summed E-state index contributed by atoms with van der Waals surface area (Å²) in [7, 11) is -3.46. The molecule has 0 bridgehead atoms. The van der Waals surface area contributed by atoms with E-state index in [2.05, 4.69) is 10.0 Å². The molecule has 2 N–H and O–H groups in total. The van der Waals surface area contributed by atoms with Crippen LogP contribution in [0.4, 0.5) is 0 Å². The van der Waals surface area contributed by atoms with Gasteiger partial charge in [0, 0.05) is 13.1 Å². The van der Waals surface area contributed by atoms with E-state index in [9.17, 15) is 8.42 Å². The smallest absolute Gasteiger partial charge is 0.240 e. The van der Waals surface area contributed by atoms with Crippen LogP contribution in [0.2, 0.25) is 0 Å². The van der Waals surface area contributed by atoms with Gasteiger partial charge in [0.15, 0.2) is 0 Å². The summed E-state index contributed by atoms with van der Waals surface area (Å²) in [6.07, 6.45) is 0.1000. The van der Waals surface area contributed by atoms with Gasteiger partial charge in [0.2, 0.25) is 10.0 Å². The number of rotatable bonds is 9. The molecule has 0 heterocycles. The summed E-state index contributed by atoms with van der Waals surface area (Å²) in [5.74, 6) is 0. The van der Waals surface area contributed by atoms with Crippen molar-refractivity contribution in [2.45, 2.75) is 38.3 Å².